The molecule has 0 bridgehead atoms. The summed E-state index contributed by atoms with van der Waals surface area (Å²) in [4.78, 5) is 0. The van der Waals surface area contributed by atoms with E-state index in [-0.39, 0.29) is 5.41 Å². The second-order valence-corrected chi connectivity index (χ2v) is 5.83. The maximum atomic E-state index is 8.92. The van der Waals surface area contributed by atoms with Crippen LogP contribution in [-0.2, 0) is 5.88 Å². The van der Waals surface area contributed by atoms with Crippen molar-refractivity contribution in [3.8, 4) is 11.8 Å². The molecule has 0 unspecified atom stereocenters. The number of hydrogen-bond donors (Lipinski definition) is 0. The molecule has 0 N–H and O–H groups in total. The van der Waals surface area contributed by atoms with Crippen LogP contribution in [0.2, 0.25) is 5.02 Å². The Hall–Kier alpha value is -0.910. The highest BCUT2D eigenvalue weighted by atomic mass is 35.5. The maximum absolute atomic E-state index is 8.92. The molecule has 0 saturated carbocycles. The number of nitrogens with zero attached hydrogens (tertiary/aromatic N) is 1. The second kappa shape index (κ2) is 7.62. The fourth-order valence-corrected chi connectivity index (χ4v) is 2.29. The van der Waals surface area contributed by atoms with Gasteiger partial charge in [-0.05, 0) is 45.2 Å². The first-order valence-electron chi connectivity index (χ1n) is 6.37. The van der Waals surface area contributed by atoms with E-state index in [0.29, 0.717) is 17.5 Å². The van der Waals surface area contributed by atoms with Crippen LogP contribution >= 0.6 is 23.2 Å². The van der Waals surface area contributed by atoms with Gasteiger partial charge in [-0.3, -0.25) is 0 Å². The molecule has 104 valence electrons. The van der Waals surface area contributed by atoms with Crippen molar-refractivity contribution in [2.75, 3.05) is 6.61 Å². The van der Waals surface area contributed by atoms with E-state index in [2.05, 4.69) is 6.07 Å². The zero-order chi connectivity index (χ0) is 14.3. The summed E-state index contributed by atoms with van der Waals surface area (Å²) in [5, 5.41) is 9.55. The molecule has 0 radical (unpaired) electrons. The number of hydrogen-bond acceptors (Lipinski definition) is 2. The van der Waals surface area contributed by atoms with E-state index < -0.39 is 0 Å². The van der Waals surface area contributed by atoms with Crippen LogP contribution < -0.4 is 4.74 Å². The molecule has 1 aromatic rings. The summed E-state index contributed by atoms with van der Waals surface area (Å²) in [6.45, 7) is 4.53. The average Bonchev–Trinajstić information content (AvgIpc) is 2.38. The van der Waals surface area contributed by atoms with Gasteiger partial charge in [0, 0.05) is 10.6 Å². The standard InChI is InChI=1S/C15H19Cl2NO/c1-15(2,11-18)8-3-4-9-19-14-7-5-6-13(17)12(14)10-16/h5-7H,3-4,8-10H2,1-2H3. The first kappa shape index (κ1) is 16.1. The van der Waals surface area contributed by atoms with Gasteiger partial charge in [-0.25, -0.2) is 0 Å². The molecule has 0 fully saturated rings. The number of nitriles is 1. The lowest BCUT2D eigenvalue weighted by Crippen LogP contribution is -2.08. The Morgan fingerprint density at radius 1 is 1.32 bits per heavy atom. The third kappa shape index (κ3) is 5.30. The number of halogens is 2. The number of unbranched alkanes of at least 4 members (excludes halogenated alkanes) is 1. The fourth-order valence-electron chi connectivity index (χ4n) is 1.71. The van der Waals surface area contributed by atoms with Gasteiger partial charge in [0.1, 0.15) is 5.75 Å². The Kier molecular flexibility index (Phi) is 6.48. The Bertz CT molecular complexity index is 452. The zero-order valence-corrected chi connectivity index (χ0v) is 12.9. The van der Waals surface area contributed by atoms with E-state index in [1.165, 1.54) is 0 Å². The van der Waals surface area contributed by atoms with Crippen LogP contribution in [0.25, 0.3) is 0 Å². The third-order valence-electron chi connectivity index (χ3n) is 2.97. The van der Waals surface area contributed by atoms with Crippen molar-refractivity contribution in [1.82, 2.24) is 0 Å². The molecule has 0 aromatic heterocycles. The van der Waals surface area contributed by atoms with Crippen LogP contribution in [0.3, 0.4) is 0 Å². The summed E-state index contributed by atoms with van der Waals surface area (Å²) in [5.74, 6) is 1.10. The molecule has 1 aromatic carbocycles. The van der Waals surface area contributed by atoms with Gasteiger partial charge in [-0.2, -0.15) is 5.26 Å². The number of rotatable bonds is 7. The highest BCUT2D eigenvalue weighted by Gasteiger charge is 2.15. The molecule has 0 amide bonds. The van der Waals surface area contributed by atoms with Gasteiger partial charge >= 0.3 is 0 Å². The van der Waals surface area contributed by atoms with Gasteiger partial charge in [-0.15, -0.1) is 11.6 Å². The second-order valence-electron chi connectivity index (χ2n) is 5.15. The van der Waals surface area contributed by atoms with E-state index in [1.807, 2.05) is 32.0 Å². The van der Waals surface area contributed by atoms with Crippen LogP contribution in [0.1, 0.15) is 38.7 Å². The van der Waals surface area contributed by atoms with Gasteiger partial charge in [0.25, 0.3) is 0 Å². The minimum absolute atomic E-state index is 0.253. The van der Waals surface area contributed by atoms with Crippen molar-refractivity contribution in [3.05, 3.63) is 28.8 Å². The van der Waals surface area contributed by atoms with Crippen LogP contribution in [0.5, 0.6) is 5.75 Å². The predicted molar refractivity (Wildman–Crippen MR) is 79.7 cm³/mol. The zero-order valence-electron chi connectivity index (χ0n) is 11.4. The molecule has 19 heavy (non-hydrogen) atoms. The molecule has 2 nitrogen and oxygen atoms in total. The molecule has 1 rings (SSSR count). The topological polar surface area (TPSA) is 33.0 Å². The Morgan fingerprint density at radius 3 is 2.68 bits per heavy atom. The number of ether oxygens (including phenoxy) is 1. The average molecular weight is 300 g/mol. The van der Waals surface area contributed by atoms with Crippen molar-refractivity contribution in [1.29, 1.82) is 5.26 Å². The minimum atomic E-state index is -0.253. The first-order chi connectivity index (χ1) is 9.00. The van der Waals surface area contributed by atoms with Crippen LogP contribution in [0, 0.1) is 16.7 Å². The largest absolute Gasteiger partial charge is 0.493 e. The Balaban J connectivity index is 2.39. The van der Waals surface area contributed by atoms with Gasteiger partial charge in [0.05, 0.1) is 24.0 Å². The van der Waals surface area contributed by atoms with Crippen molar-refractivity contribution in [2.24, 2.45) is 5.41 Å². The lowest BCUT2D eigenvalue weighted by atomic mass is 9.89. The van der Waals surface area contributed by atoms with Gasteiger partial charge < -0.3 is 4.74 Å². The summed E-state index contributed by atoms with van der Waals surface area (Å²) >= 11 is 11.9. The van der Waals surface area contributed by atoms with Crippen molar-refractivity contribution >= 4 is 23.2 Å². The van der Waals surface area contributed by atoms with Crippen molar-refractivity contribution < 1.29 is 4.74 Å². The molecule has 0 aliphatic carbocycles. The van der Waals surface area contributed by atoms with Crippen molar-refractivity contribution in [2.45, 2.75) is 39.0 Å². The molecule has 0 spiro atoms. The minimum Gasteiger partial charge on any atom is -0.493 e. The highest BCUT2D eigenvalue weighted by molar-refractivity contribution is 6.32. The summed E-state index contributed by atoms with van der Waals surface area (Å²) in [6.07, 6.45) is 2.77. The molecule has 4 heteroatoms. The normalized spacial score (nSPS) is 11.1. The quantitative estimate of drug-likeness (QED) is 0.513. The smallest absolute Gasteiger partial charge is 0.125 e. The van der Waals surface area contributed by atoms with E-state index >= 15 is 0 Å². The van der Waals surface area contributed by atoms with E-state index in [9.17, 15) is 0 Å². The number of benzene rings is 1. The molecule has 0 aliphatic heterocycles. The Labute approximate surface area is 125 Å². The van der Waals surface area contributed by atoms with Crippen LogP contribution in [0.4, 0.5) is 0 Å². The third-order valence-corrected chi connectivity index (χ3v) is 3.59. The molecular formula is C15H19Cl2NO. The summed E-state index contributed by atoms with van der Waals surface area (Å²) in [6, 6.07) is 7.84. The number of alkyl halides is 1. The monoisotopic (exact) mass is 299 g/mol. The lowest BCUT2D eigenvalue weighted by Gasteiger charge is -2.15. The summed E-state index contributed by atoms with van der Waals surface area (Å²) < 4.78 is 5.71. The van der Waals surface area contributed by atoms with Crippen LogP contribution in [-0.4, -0.2) is 6.61 Å². The van der Waals surface area contributed by atoms with Crippen molar-refractivity contribution in [3.63, 3.8) is 0 Å². The predicted octanol–water partition coefficient (Wildman–Crippen LogP) is 5.18. The van der Waals surface area contributed by atoms with Gasteiger partial charge in [0.2, 0.25) is 0 Å². The van der Waals surface area contributed by atoms with Gasteiger partial charge in [-0.1, -0.05) is 17.7 Å². The lowest BCUT2D eigenvalue weighted by molar-refractivity contribution is 0.293. The molecule has 0 atom stereocenters. The molecule has 0 aliphatic rings. The molecule has 0 saturated heterocycles. The molecule has 0 heterocycles. The maximum Gasteiger partial charge on any atom is 0.125 e. The Morgan fingerprint density at radius 2 is 2.05 bits per heavy atom. The van der Waals surface area contributed by atoms with E-state index in [4.69, 9.17) is 33.2 Å². The summed E-state index contributed by atoms with van der Waals surface area (Å²) in [5.41, 5.74) is 0.584. The molecular weight excluding hydrogens is 281 g/mol. The first-order valence-corrected chi connectivity index (χ1v) is 7.29. The summed E-state index contributed by atoms with van der Waals surface area (Å²) in [7, 11) is 0. The van der Waals surface area contributed by atoms with Crippen LogP contribution in [0.15, 0.2) is 18.2 Å². The van der Waals surface area contributed by atoms with E-state index in [1.54, 1.807) is 0 Å². The fraction of sp³-hybridized carbons (Fsp3) is 0.533. The SMILES string of the molecule is CC(C)(C#N)CCCCOc1cccc(Cl)c1CCl. The van der Waals surface area contributed by atoms with Gasteiger partial charge in [0.15, 0.2) is 0 Å². The highest BCUT2D eigenvalue weighted by Crippen LogP contribution is 2.28. The van der Waals surface area contributed by atoms with E-state index in [0.717, 1.165) is 30.6 Å².